The summed E-state index contributed by atoms with van der Waals surface area (Å²) in [6.07, 6.45) is 2.32. The second-order valence-electron chi connectivity index (χ2n) is 9.40. The van der Waals surface area contributed by atoms with Crippen LogP contribution in [0.4, 0.5) is 5.69 Å². The molecule has 2 atom stereocenters. The van der Waals surface area contributed by atoms with Crippen molar-refractivity contribution in [3.05, 3.63) is 82.9 Å². The minimum absolute atomic E-state index is 0.113. The van der Waals surface area contributed by atoms with Gasteiger partial charge >= 0.3 is 0 Å². The van der Waals surface area contributed by atoms with Crippen LogP contribution in [0.15, 0.2) is 65.6 Å². The Labute approximate surface area is 212 Å². The molecule has 2 unspecified atom stereocenters. The summed E-state index contributed by atoms with van der Waals surface area (Å²) in [5.74, 6) is 0.568. The van der Waals surface area contributed by atoms with Crippen molar-refractivity contribution in [3.8, 4) is 11.5 Å². The van der Waals surface area contributed by atoms with E-state index in [4.69, 9.17) is 9.47 Å². The fourth-order valence-electron chi connectivity index (χ4n) is 4.85. The van der Waals surface area contributed by atoms with Crippen molar-refractivity contribution in [2.24, 2.45) is 0 Å². The van der Waals surface area contributed by atoms with Crippen LogP contribution in [0.5, 0.6) is 11.5 Å². The topological polar surface area (TPSA) is 84.9 Å². The van der Waals surface area contributed by atoms with Gasteiger partial charge in [0.2, 0.25) is 0 Å². The van der Waals surface area contributed by atoms with Gasteiger partial charge in [0, 0.05) is 0 Å². The Kier molecular flexibility index (Phi) is 6.38. The van der Waals surface area contributed by atoms with Crippen LogP contribution in [0.2, 0.25) is 0 Å². The lowest BCUT2D eigenvalue weighted by atomic mass is 10.0. The third-order valence-electron chi connectivity index (χ3n) is 6.91. The van der Waals surface area contributed by atoms with Gasteiger partial charge in [0.05, 0.1) is 30.3 Å². The monoisotopic (exact) mass is 506 g/mol. The molecule has 0 radical (unpaired) electrons. The maximum atomic E-state index is 13.7. The first kappa shape index (κ1) is 24.2. The summed E-state index contributed by atoms with van der Waals surface area (Å²) >= 11 is 0. The van der Waals surface area contributed by atoms with Crippen LogP contribution in [-0.2, 0) is 27.7 Å². The van der Waals surface area contributed by atoms with Gasteiger partial charge in [0.25, 0.3) is 15.9 Å². The largest absolute Gasteiger partial charge is 0.497 e. The Bertz CT molecular complexity index is 1400. The molecule has 0 bridgehead atoms. The number of carbonyl (C=O) groups excluding carboxylic acids is 1. The highest BCUT2D eigenvalue weighted by molar-refractivity contribution is 7.92. The highest BCUT2D eigenvalue weighted by Crippen LogP contribution is 2.38. The van der Waals surface area contributed by atoms with Gasteiger partial charge in [-0.15, -0.1) is 0 Å². The lowest BCUT2D eigenvalue weighted by Gasteiger charge is -2.35. The maximum absolute atomic E-state index is 13.7. The molecule has 3 aromatic rings. The third-order valence-corrected chi connectivity index (χ3v) is 8.70. The molecule has 2 aliphatic rings. The molecule has 1 heterocycles. The Morgan fingerprint density at radius 1 is 1.06 bits per heavy atom. The summed E-state index contributed by atoms with van der Waals surface area (Å²) in [7, 11) is -2.42. The number of hydrogen-bond acceptors (Lipinski definition) is 5. The average Bonchev–Trinajstić information content (AvgIpc) is 3.35. The Morgan fingerprint density at radius 2 is 1.81 bits per heavy atom. The van der Waals surface area contributed by atoms with Gasteiger partial charge in [-0.3, -0.25) is 9.10 Å². The molecule has 0 aromatic heterocycles. The van der Waals surface area contributed by atoms with Crippen molar-refractivity contribution < 1.29 is 22.7 Å². The summed E-state index contributed by atoms with van der Waals surface area (Å²) in [4.78, 5) is 13.4. The van der Waals surface area contributed by atoms with Crippen LogP contribution in [0.25, 0.3) is 0 Å². The summed E-state index contributed by atoms with van der Waals surface area (Å²) < 4.78 is 39.8. The number of benzene rings is 3. The van der Waals surface area contributed by atoms with Crippen LogP contribution >= 0.6 is 0 Å². The molecule has 5 rings (SSSR count). The predicted molar refractivity (Wildman–Crippen MR) is 138 cm³/mol. The van der Waals surface area contributed by atoms with Gasteiger partial charge in [-0.1, -0.05) is 24.3 Å². The van der Waals surface area contributed by atoms with E-state index >= 15 is 0 Å². The number of methoxy groups -OCH3 is 1. The minimum Gasteiger partial charge on any atom is -0.497 e. The predicted octanol–water partition coefficient (Wildman–Crippen LogP) is 4.33. The van der Waals surface area contributed by atoms with Crippen LogP contribution < -0.4 is 19.1 Å². The fourth-order valence-corrected chi connectivity index (χ4v) is 6.33. The van der Waals surface area contributed by atoms with E-state index < -0.39 is 16.1 Å². The second kappa shape index (κ2) is 9.50. The first-order valence-electron chi connectivity index (χ1n) is 12.1. The number of nitrogens with one attached hydrogen (secondary N) is 1. The fraction of sp³-hybridized carbons (Fsp3) is 0.321. The van der Waals surface area contributed by atoms with Crippen molar-refractivity contribution in [1.82, 2.24) is 5.32 Å². The van der Waals surface area contributed by atoms with Crippen LogP contribution in [0, 0.1) is 6.92 Å². The molecule has 7 nitrogen and oxygen atoms in total. The van der Waals surface area contributed by atoms with Crippen LogP contribution in [-0.4, -0.2) is 34.1 Å². The zero-order chi connectivity index (χ0) is 25.4. The molecule has 1 N–H and O–H groups in total. The molecule has 1 aliphatic carbocycles. The summed E-state index contributed by atoms with van der Waals surface area (Å²) in [5.41, 5.74) is 5.05. The molecule has 0 fully saturated rings. The van der Waals surface area contributed by atoms with E-state index in [1.807, 2.05) is 19.9 Å². The number of ether oxygens (including phenoxy) is 2. The molecule has 36 heavy (non-hydrogen) atoms. The molecule has 3 aromatic carbocycles. The number of nitrogens with zero attached hydrogens (tertiary/aromatic N) is 1. The van der Waals surface area contributed by atoms with Crippen molar-refractivity contribution in [3.63, 3.8) is 0 Å². The number of rotatable bonds is 6. The van der Waals surface area contributed by atoms with Crippen LogP contribution in [0.3, 0.4) is 0 Å². The number of sulfonamides is 1. The molecule has 0 spiro atoms. The first-order valence-corrected chi connectivity index (χ1v) is 13.6. The van der Waals surface area contributed by atoms with Gasteiger partial charge < -0.3 is 14.8 Å². The lowest BCUT2D eigenvalue weighted by molar-refractivity contribution is -0.128. The smallest absolute Gasteiger partial charge is 0.264 e. The number of fused-ring (bicyclic) bond motifs is 2. The van der Waals surface area contributed by atoms with Gasteiger partial charge in [-0.2, -0.15) is 0 Å². The maximum Gasteiger partial charge on any atom is 0.264 e. The molecular formula is C28H30N2O5S. The van der Waals surface area contributed by atoms with Gasteiger partial charge in [0.1, 0.15) is 11.5 Å². The normalized spacial score (nSPS) is 17.5. The van der Waals surface area contributed by atoms with Crippen molar-refractivity contribution in [1.29, 1.82) is 0 Å². The Hall–Kier alpha value is -3.52. The zero-order valence-electron chi connectivity index (χ0n) is 20.7. The summed E-state index contributed by atoms with van der Waals surface area (Å²) in [6, 6.07) is 17.6. The molecular weight excluding hydrogens is 476 g/mol. The molecule has 1 amide bonds. The second-order valence-corrected chi connectivity index (χ2v) is 11.3. The van der Waals surface area contributed by atoms with E-state index in [0.717, 1.165) is 30.4 Å². The standard InChI is InChI=1S/C28H30N2O5S/c1-18-7-14-25-26(15-18)35-27(17-30(25)36(32,33)24-12-10-23(34-3)11-13-24)28(31)29-19(2)21-9-8-20-5-4-6-22(20)16-21/h7-16,19,27H,4-6,17H2,1-3H3,(H,29,31). The number of aryl methyl sites for hydroxylation is 3. The van der Waals surface area contributed by atoms with E-state index in [0.29, 0.717) is 17.2 Å². The van der Waals surface area contributed by atoms with E-state index in [9.17, 15) is 13.2 Å². The van der Waals surface area contributed by atoms with Crippen molar-refractivity contribution >= 4 is 21.6 Å². The van der Waals surface area contributed by atoms with E-state index in [1.165, 1.54) is 34.7 Å². The first-order chi connectivity index (χ1) is 17.3. The highest BCUT2D eigenvalue weighted by Gasteiger charge is 2.38. The Balaban J connectivity index is 1.41. The van der Waals surface area contributed by atoms with E-state index in [1.54, 1.807) is 24.3 Å². The molecule has 1 aliphatic heterocycles. The Morgan fingerprint density at radius 3 is 2.56 bits per heavy atom. The lowest BCUT2D eigenvalue weighted by Crippen LogP contribution is -2.51. The van der Waals surface area contributed by atoms with Gasteiger partial charge in [-0.25, -0.2) is 8.42 Å². The van der Waals surface area contributed by atoms with Gasteiger partial charge in [0.15, 0.2) is 6.10 Å². The quantitative estimate of drug-likeness (QED) is 0.538. The SMILES string of the molecule is COc1ccc(S(=O)(=O)N2CC(C(=O)NC(C)c3ccc4c(c3)CCC4)Oc3cc(C)ccc32)cc1. The van der Waals surface area contributed by atoms with Crippen molar-refractivity contribution in [2.45, 2.75) is 50.2 Å². The zero-order valence-corrected chi connectivity index (χ0v) is 21.5. The number of anilines is 1. The number of amides is 1. The molecule has 8 heteroatoms. The molecule has 0 saturated heterocycles. The summed E-state index contributed by atoms with van der Waals surface area (Å²) in [6.45, 7) is 3.69. The number of carbonyl (C=O) groups is 1. The molecule has 0 saturated carbocycles. The minimum atomic E-state index is -3.95. The van der Waals surface area contributed by atoms with Gasteiger partial charge in [-0.05, 0) is 91.8 Å². The highest BCUT2D eigenvalue weighted by atomic mass is 32.2. The van der Waals surface area contributed by atoms with Crippen LogP contribution in [0.1, 0.15) is 41.6 Å². The molecule has 188 valence electrons. The average molecular weight is 507 g/mol. The van der Waals surface area contributed by atoms with E-state index in [-0.39, 0.29) is 23.4 Å². The van der Waals surface area contributed by atoms with E-state index in [2.05, 4.69) is 23.5 Å². The third kappa shape index (κ3) is 4.53. The summed E-state index contributed by atoms with van der Waals surface area (Å²) in [5, 5.41) is 3.03. The number of hydrogen-bond donors (Lipinski definition) is 1. The van der Waals surface area contributed by atoms with Crippen molar-refractivity contribution in [2.75, 3.05) is 18.0 Å².